The second kappa shape index (κ2) is 6.51. The predicted octanol–water partition coefficient (Wildman–Crippen LogP) is 5.19. The quantitative estimate of drug-likeness (QED) is 0.490. The van der Waals surface area contributed by atoms with Crippen LogP contribution < -0.4 is 11.1 Å². The molecule has 1 unspecified atom stereocenters. The summed E-state index contributed by atoms with van der Waals surface area (Å²) in [6, 6.07) is 7.82. The van der Waals surface area contributed by atoms with E-state index < -0.39 is 11.5 Å². The maximum Gasteiger partial charge on any atom is 0.266 e. The van der Waals surface area contributed by atoms with E-state index in [2.05, 4.69) is 10.3 Å². The molecule has 0 saturated carbocycles. The van der Waals surface area contributed by atoms with Crippen molar-refractivity contribution in [1.29, 1.82) is 0 Å². The number of anilines is 2. The van der Waals surface area contributed by atoms with E-state index in [1.165, 1.54) is 12.1 Å². The lowest BCUT2D eigenvalue weighted by Gasteiger charge is -2.21. The van der Waals surface area contributed by atoms with Crippen LogP contribution in [0.2, 0.25) is 20.1 Å². The third-order valence-electron chi connectivity index (χ3n) is 4.18. The Balaban J connectivity index is 1.98. The van der Waals surface area contributed by atoms with Crippen molar-refractivity contribution in [2.45, 2.75) is 5.60 Å². The topological polar surface area (TPSA) is 88.2 Å². The molecule has 4 rings (SSSR count). The molecule has 5 nitrogen and oxygen atoms in total. The van der Waals surface area contributed by atoms with Crippen LogP contribution in [-0.4, -0.2) is 16.0 Å². The molecule has 10 heteroatoms. The average molecular weight is 461 g/mol. The van der Waals surface area contributed by atoms with Gasteiger partial charge in [-0.05, 0) is 24.3 Å². The first-order valence-electron chi connectivity index (χ1n) is 7.47. The minimum absolute atomic E-state index is 0.175. The average Bonchev–Trinajstić information content (AvgIpc) is 3.11. The van der Waals surface area contributed by atoms with Gasteiger partial charge in [-0.3, -0.25) is 4.79 Å². The Kier molecular flexibility index (Phi) is 4.54. The molecule has 0 bridgehead atoms. The number of benzene rings is 2. The zero-order valence-corrected chi connectivity index (χ0v) is 17.0. The lowest BCUT2D eigenvalue weighted by molar-refractivity contribution is -0.129. The molecule has 1 aromatic heterocycles. The molecule has 4 N–H and O–H groups in total. The van der Waals surface area contributed by atoms with Crippen molar-refractivity contribution in [2.24, 2.45) is 0 Å². The number of carbonyl (C=O) groups excluding carboxylic acids is 1. The number of thiazole rings is 1. The maximum atomic E-state index is 12.8. The molecule has 0 radical (unpaired) electrons. The number of nitrogen functional groups attached to an aromatic ring is 1. The van der Waals surface area contributed by atoms with Gasteiger partial charge < -0.3 is 16.2 Å². The van der Waals surface area contributed by atoms with Crippen LogP contribution in [0, 0.1) is 0 Å². The molecule has 27 heavy (non-hydrogen) atoms. The summed E-state index contributed by atoms with van der Waals surface area (Å²) in [5.41, 5.74) is 5.23. The molecule has 138 valence electrons. The Morgan fingerprint density at radius 1 is 1.07 bits per heavy atom. The summed E-state index contributed by atoms with van der Waals surface area (Å²) in [6.07, 6.45) is 0. The molecule has 1 atom stereocenters. The van der Waals surface area contributed by atoms with Gasteiger partial charge in [-0.1, -0.05) is 63.8 Å². The summed E-state index contributed by atoms with van der Waals surface area (Å²) in [7, 11) is 0. The molecular formula is C17H9Cl4N3O2S. The third kappa shape index (κ3) is 2.88. The van der Waals surface area contributed by atoms with E-state index in [4.69, 9.17) is 52.1 Å². The third-order valence-corrected chi connectivity index (χ3v) is 6.43. The van der Waals surface area contributed by atoms with Crippen LogP contribution in [0.4, 0.5) is 10.8 Å². The van der Waals surface area contributed by atoms with Crippen molar-refractivity contribution < 1.29 is 9.90 Å². The number of amides is 1. The second-order valence-corrected chi connectivity index (χ2v) is 8.52. The number of aliphatic hydroxyl groups is 1. The monoisotopic (exact) mass is 459 g/mol. The van der Waals surface area contributed by atoms with Gasteiger partial charge in [0.05, 0.1) is 31.3 Å². The van der Waals surface area contributed by atoms with E-state index in [-0.39, 0.29) is 25.6 Å². The Labute approximate surface area is 177 Å². The highest BCUT2D eigenvalue weighted by Crippen LogP contribution is 2.50. The van der Waals surface area contributed by atoms with E-state index in [0.29, 0.717) is 27.0 Å². The van der Waals surface area contributed by atoms with Crippen molar-refractivity contribution in [3.8, 4) is 11.3 Å². The van der Waals surface area contributed by atoms with Crippen molar-refractivity contribution in [3.05, 3.63) is 60.9 Å². The fourth-order valence-electron chi connectivity index (χ4n) is 2.96. The fourth-order valence-corrected chi connectivity index (χ4v) is 4.75. The number of rotatable bonds is 2. The summed E-state index contributed by atoms with van der Waals surface area (Å²) >= 11 is 25.3. The zero-order valence-electron chi connectivity index (χ0n) is 13.2. The standard InChI is InChI=1S/C17H9Cl4N3O2S/c18-7-4-8-13(11(21)5-7)23-15(25)17(8,26)14-12(24-16(22)27-14)6-1-2-9(19)10(20)3-6/h1-5,26H,(H2,22,24)(H,23,25). The molecule has 0 spiro atoms. The van der Waals surface area contributed by atoms with Crippen molar-refractivity contribution in [3.63, 3.8) is 0 Å². The highest BCUT2D eigenvalue weighted by Gasteiger charge is 2.51. The first kappa shape index (κ1) is 18.8. The van der Waals surface area contributed by atoms with Gasteiger partial charge in [0.25, 0.3) is 5.91 Å². The second-order valence-electron chi connectivity index (χ2n) is 5.83. The number of nitrogens with zero attached hydrogens (tertiary/aromatic N) is 1. The van der Waals surface area contributed by atoms with E-state index in [9.17, 15) is 9.90 Å². The van der Waals surface area contributed by atoms with Crippen molar-refractivity contribution >= 4 is 74.5 Å². The zero-order chi connectivity index (χ0) is 19.5. The smallest absolute Gasteiger partial charge is 0.266 e. The summed E-state index contributed by atoms with van der Waals surface area (Å²) in [5, 5.41) is 15.4. The van der Waals surface area contributed by atoms with Gasteiger partial charge in [0.2, 0.25) is 5.60 Å². The Morgan fingerprint density at radius 2 is 1.81 bits per heavy atom. The molecule has 0 saturated heterocycles. The molecule has 2 heterocycles. The van der Waals surface area contributed by atoms with E-state index in [1.807, 2.05) is 0 Å². The van der Waals surface area contributed by atoms with Crippen LogP contribution in [-0.2, 0) is 10.4 Å². The van der Waals surface area contributed by atoms with Gasteiger partial charge in [-0.15, -0.1) is 0 Å². The summed E-state index contributed by atoms with van der Waals surface area (Å²) in [4.78, 5) is 17.3. The normalized spacial score (nSPS) is 18.5. The molecule has 1 amide bonds. The lowest BCUT2D eigenvalue weighted by Crippen LogP contribution is -2.35. The number of nitrogens with two attached hydrogens (primary N) is 1. The molecular weight excluding hydrogens is 452 g/mol. The van der Waals surface area contributed by atoms with Crippen molar-refractivity contribution in [1.82, 2.24) is 4.98 Å². The number of nitrogens with one attached hydrogen (secondary N) is 1. The molecule has 2 aromatic carbocycles. The van der Waals surface area contributed by atoms with Crippen LogP contribution >= 0.6 is 57.7 Å². The number of hydrogen-bond donors (Lipinski definition) is 3. The summed E-state index contributed by atoms with van der Waals surface area (Å²) in [5.74, 6) is -0.674. The minimum Gasteiger partial charge on any atom is -0.375 e. The van der Waals surface area contributed by atoms with E-state index in [1.54, 1.807) is 18.2 Å². The maximum absolute atomic E-state index is 12.8. The van der Waals surface area contributed by atoms with Crippen LogP contribution in [0.3, 0.4) is 0 Å². The van der Waals surface area contributed by atoms with Crippen LogP contribution in [0.5, 0.6) is 0 Å². The van der Waals surface area contributed by atoms with Gasteiger partial charge in [-0.2, -0.15) is 0 Å². The largest absolute Gasteiger partial charge is 0.375 e. The number of fused-ring (bicyclic) bond motifs is 1. The predicted molar refractivity (Wildman–Crippen MR) is 110 cm³/mol. The Hall–Kier alpha value is -1.54. The highest BCUT2D eigenvalue weighted by molar-refractivity contribution is 7.16. The minimum atomic E-state index is -2.05. The Morgan fingerprint density at radius 3 is 2.52 bits per heavy atom. The SMILES string of the molecule is Nc1nc(-c2ccc(Cl)c(Cl)c2)c(C2(O)C(=O)Nc3c(Cl)cc(Cl)cc32)s1. The molecule has 0 fully saturated rings. The molecule has 1 aliphatic heterocycles. The Bertz CT molecular complexity index is 1120. The van der Waals surface area contributed by atoms with E-state index >= 15 is 0 Å². The first-order chi connectivity index (χ1) is 12.7. The van der Waals surface area contributed by atoms with Crippen LogP contribution in [0.25, 0.3) is 11.3 Å². The van der Waals surface area contributed by atoms with Crippen LogP contribution in [0.1, 0.15) is 10.4 Å². The van der Waals surface area contributed by atoms with Crippen molar-refractivity contribution in [2.75, 3.05) is 11.1 Å². The molecule has 3 aromatic rings. The number of aromatic nitrogens is 1. The van der Waals surface area contributed by atoms with Crippen LogP contribution in [0.15, 0.2) is 30.3 Å². The van der Waals surface area contributed by atoms with Gasteiger partial charge in [0, 0.05) is 16.1 Å². The van der Waals surface area contributed by atoms with Gasteiger partial charge in [0.15, 0.2) is 5.13 Å². The number of carbonyl (C=O) groups is 1. The van der Waals surface area contributed by atoms with Gasteiger partial charge in [-0.25, -0.2) is 4.98 Å². The summed E-state index contributed by atoms with van der Waals surface area (Å²) in [6.45, 7) is 0. The molecule has 0 aliphatic carbocycles. The van der Waals surface area contributed by atoms with E-state index in [0.717, 1.165) is 11.3 Å². The first-order valence-corrected chi connectivity index (χ1v) is 9.80. The van der Waals surface area contributed by atoms with Gasteiger partial charge in [0.1, 0.15) is 0 Å². The highest BCUT2D eigenvalue weighted by atomic mass is 35.5. The molecule has 1 aliphatic rings. The summed E-state index contributed by atoms with van der Waals surface area (Å²) < 4.78 is 0. The number of hydrogen-bond acceptors (Lipinski definition) is 5. The number of halogens is 4. The fraction of sp³-hybridized carbons (Fsp3) is 0.0588. The van der Waals surface area contributed by atoms with Gasteiger partial charge >= 0.3 is 0 Å². The lowest BCUT2D eigenvalue weighted by atomic mass is 9.91.